The Bertz CT molecular complexity index is 523. The van der Waals surface area contributed by atoms with Crippen molar-refractivity contribution in [1.29, 1.82) is 0 Å². The summed E-state index contributed by atoms with van der Waals surface area (Å²) in [5, 5.41) is 0. The van der Waals surface area contributed by atoms with Crippen LogP contribution in [0.5, 0.6) is 0 Å². The Morgan fingerprint density at radius 3 is 2.44 bits per heavy atom. The molecule has 2 aliphatic carbocycles. The third kappa shape index (κ3) is 0.855. The lowest BCUT2D eigenvalue weighted by atomic mass is 9.70. The Balaban J connectivity index is 1.93. The van der Waals surface area contributed by atoms with Gasteiger partial charge in [0.15, 0.2) is 0 Å². The van der Waals surface area contributed by atoms with Crippen LogP contribution in [0.25, 0.3) is 0 Å². The van der Waals surface area contributed by atoms with E-state index in [2.05, 4.69) is 0 Å². The van der Waals surface area contributed by atoms with E-state index in [-0.39, 0.29) is 0 Å². The van der Waals surface area contributed by atoms with Crippen LogP contribution in [0, 0.1) is 29.1 Å². The van der Waals surface area contributed by atoms with Gasteiger partial charge in [-0.15, -0.1) is 0 Å². The van der Waals surface area contributed by atoms with Gasteiger partial charge < -0.3 is 9.47 Å². The van der Waals surface area contributed by atoms with Crippen LogP contribution in [0.2, 0.25) is 0 Å². The largest absolute Gasteiger partial charge is 0.393 e. The number of cyclic esters (lactones) is 4. The fourth-order valence-electron chi connectivity index (χ4n) is 4.46. The highest BCUT2D eigenvalue weighted by atomic mass is 16.6. The molecule has 2 heterocycles. The highest BCUT2D eigenvalue weighted by molar-refractivity contribution is 6.03. The maximum Gasteiger partial charge on any atom is 0.320 e. The number of fused-ring (bicyclic) bond motifs is 2. The molecular formula is C12H10O6. The number of esters is 4. The normalized spacial score (nSPS) is 48.9. The van der Waals surface area contributed by atoms with E-state index in [0.717, 1.165) is 0 Å². The molecule has 0 radical (unpaired) electrons. The van der Waals surface area contributed by atoms with Crippen molar-refractivity contribution in [2.45, 2.75) is 19.3 Å². The van der Waals surface area contributed by atoms with E-state index >= 15 is 0 Å². The first-order valence-electron chi connectivity index (χ1n) is 6.07. The first-order chi connectivity index (χ1) is 8.55. The molecular weight excluding hydrogens is 240 g/mol. The molecule has 2 saturated heterocycles. The Labute approximate surface area is 102 Å². The van der Waals surface area contributed by atoms with Gasteiger partial charge >= 0.3 is 23.9 Å². The molecule has 94 valence electrons. The van der Waals surface area contributed by atoms with Crippen molar-refractivity contribution < 1.29 is 28.7 Å². The Morgan fingerprint density at radius 1 is 0.944 bits per heavy atom. The summed E-state index contributed by atoms with van der Waals surface area (Å²) in [6.07, 6.45) is 1.28. The molecule has 6 nitrogen and oxygen atoms in total. The predicted molar refractivity (Wildman–Crippen MR) is 52.4 cm³/mol. The average molecular weight is 250 g/mol. The Kier molecular flexibility index (Phi) is 1.60. The summed E-state index contributed by atoms with van der Waals surface area (Å²) in [6, 6.07) is 0. The molecule has 0 aromatic heterocycles. The molecule has 4 bridgehead atoms. The minimum absolute atomic E-state index is 0.321. The fourth-order valence-corrected chi connectivity index (χ4v) is 4.46. The van der Waals surface area contributed by atoms with Crippen LogP contribution >= 0.6 is 0 Å². The Morgan fingerprint density at radius 2 is 1.67 bits per heavy atom. The lowest BCUT2D eigenvalue weighted by Crippen LogP contribution is -2.48. The molecule has 0 spiro atoms. The molecule has 6 heteroatoms. The van der Waals surface area contributed by atoms with Crippen LogP contribution in [0.1, 0.15) is 19.3 Å². The van der Waals surface area contributed by atoms with Crippen LogP contribution in [0.4, 0.5) is 0 Å². The van der Waals surface area contributed by atoms with Gasteiger partial charge in [-0.25, -0.2) is 0 Å². The molecule has 2 aliphatic heterocycles. The lowest BCUT2D eigenvalue weighted by molar-refractivity contribution is -0.183. The number of carbonyl (C=O) groups is 4. The molecule has 4 fully saturated rings. The van der Waals surface area contributed by atoms with E-state index in [0.29, 0.717) is 19.3 Å². The number of ether oxygens (including phenoxy) is 2. The molecule has 0 aromatic rings. The summed E-state index contributed by atoms with van der Waals surface area (Å²) in [6.45, 7) is 0. The molecule has 0 aromatic carbocycles. The van der Waals surface area contributed by atoms with Crippen molar-refractivity contribution in [3.05, 3.63) is 0 Å². The maximum atomic E-state index is 12.1. The van der Waals surface area contributed by atoms with Crippen molar-refractivity contribution in [3.63, 3.8) is 0 Å². The van der Waals surface area contributed by atoms with Gasteiger partial charge in [0.1, 0.15) is 0 Å². The predicted octanol–water partition coefficient (Wildman–Crippen LogP) is -0.198. The maximum absolute atomic E-state index is 12.1. The molecule has 18 heavy (non-hydrogen) atoms. The van der Waals surface area contributed by atoms with Gasteiger partial charge in [0.25, 0.3) is 0 Å². The van der Waals surface area contributed by atoms with Gasteiger partial charge in [0.2, 0.25) is 0 Å². The summed E-state index contributed by atoms with van der Waals surface area (Å²) in [7, 11) is 0. The average Bonchev–Trinajstić information content (AvgIpc) is 2.77. The Hall–Kier alpha value is -1.72. The van der Waals surface area contributed by atoms with Crippen LogP contribution in [-0.4, -0.2) is 23.9 Å². The molecule has 0 N–H and O–H groups in total. The molecule has 5 unspecified atom stereocenters. The summed E-state index contributed by atoms with van der Waals surface area (Å²) >= 11 is 0. The van der Waals surface area contributed by atoms with Gasteiger partial charge in [-0.2, -0.15) is 0 Å². The third-order valence-electron chi connectivity index (χ3n) is 5.11. The van der Waals surface area contributed by atoms with Crippen LogP contribution < -0.4 is 0 Å². The van der Waals surface area contributed by atoms with E-state index in [1.165, 1.54) is 0 Å². The van der Waals surface area contributed by atoms with Crippen molar-refractivity contribution in [1.82, 2.24) is 0 Å². The molecule has 2 saturated carbocycles. The minimum atomic E-state index is -0.980. The van der Waals surface area contributed by atoms with Gasteiger partial charge in [-0.05, 0) is 19.3 Å². The van der Waals surface area contributed by atoms with Crippen molar-refractivity contribution in [2.75, 3.05) is 0 Å². The second kappa shape index (κ2) is 2.81. The highest BCUT2D eigenvalue weighted by Crippen LogP contribution is 2.66. The van der Waals surface area contributed by atoms with E-state index in [1.807, 2.05) is 0 Å². The summed E-state index contributed by atoms with van der Waals surface area (Å²) in [5.74, 6) is -4.35. The van der Waals surface area contributed by atoms with E-state index in [4.69, 9.17) is 9.47 Å². The quantitative estimate of drug-likeness (QED) is 0.437. The van der Waals surface area contributed by atoms with Crippen molar-refractivity contribution in [3.8, 4) is 0 Å². The van der Waals surface area contributed by atoms with Crippen LogP contribution in [0.15, 0.2) is 0 Å². The summed E-state index contributed by atoms with van der Waals surface area (Å²) in [5.41, 5.74) is -0.980. The first kappa shape index (κ1) is 10.2. The van der Waals surface area contributed by atoms with Crippen molar-refractivity contribution in [2.24, 2.45) is 29.1 Å². The number of hydrogen-bond donors (Lipinski definition) is 0. The van der Waals surface area contributed by atoms with Crippen LogP contribution in [-0.2, 0) is 28.7 Å². The van der Waals surface area contributed by atoms with E-state index in [1.54, 1.807) is 0 Å². The van der Waals surface area contributed by atoms with Gasteiger partial charge in [-0.3, -0.25) is 19.2 Å². The molecule has 4 aliphatic rings. The monoisotopic (exact) mass is 250 g/mol. The van der Waals surface area contributed by atoms with E-state index < -0.39 is 53.0 Å². The second-order valence-electron chi connectivity index (χ2n) is 5.55. The second-order valence-corrected chi connectivity index (χ2v) is 5.55. The zero-order chi connectivity index (χ0) is 12.7. The number of carbonyl (C=O) groups excluding carboxylic acids is 4. The molecule has 4 rings (SSSR count). The van der Waals surface area contributed by atoms with E-state index in [9.17, 15) is 19.2 Å². The van der Waals surface area contributed by atoms with Gasteiger partial charge in [0, 0.05) is 5.92 Å². The minimum Gasteiger partial charge on any atom is -0.393 e. The SMILES string of the molecule is O=C1OC(=O)C2CC1C1C3CCC21C(=O)OC3=O. The van der Waals surface area contributed by atoms with Crippen LogP contribution in [0.3, 0.4) is 0 Å². The zero-order valence-corrected chi connectivity index (χ0v) is 9.38. The molecule has 0 amide bonds. The molecule has 5 atom stereocenters. The zero-order valence-electron chi connectivity index (χ0n) is 9.38. The number of rotatable bonds is 0. The topological polar surface area (TPSA) is 86.7 Å². The summed E-state index contributed by atoms with van der Waals surface area (Å²) < 4.78 is 9.47. The summed E-state index contributed by atoms with van der Waals surface area (Å²) in [4.78, 5) is 47.3. The number of hydrogen-bond acceptors (Lipinski definition) is 6. The fraction of sp³-hybridized carbons (Fsp3) is 0.667. The third-order valence-corrected chi connectivity index (χ3v) is 5.11. The highest BCUT2D eigenvalue weighted by Gasteiger charge is 2.75. The standard InChI is InChI=1S/C12H10O6/c13-8-4-1-2-12(11(16)18-8)6-3-5(7(4)12)9(14)17-10(6)15/h4-7H,1-3H2. The van der Waals surface area contributed by atoms with Crippen molar-refractivity contribution >= 4 is 23.9 Å². The smallest absolute Gasteiger partial charge is 0.320 e. The lowest BCUT2D eigenvalue weighted by Gasteiger charge is -2.34. The first-order valence-corrected chi connectivity index (χ1v) is 6.07. The van der Waals surface area contributed by atoms with Gasteiger partial charge in [-0.1, -0.05) is 0 Å². The van der Waals surface area contributed by atoms with Gasteiger partial charge in [0.05, 0.1) is 23.2 Å².